The Labute approximate surface area is 166 Å². The van der Waals surface area contributed by atoms with Gasteiger partial charge in [0.2, 0.25) is 0 Å². The van der Waals surface area contributed by atoms with Gasteiger partial charge in [0, 0.05) is 55.0 Å². The van der Waals surface area contributed by atoms with E-state index >= 15 is 0 Å². The zero-order chi connectivity index (χ0) is 18.5. The Hall–Kier alpha value is -1.27. The van der Waals surface area contributed by atoms with Crippen molar-refractivity contribution >= 4 is 11.3 Å². The molecule has 4 rings (SSSR count). The summed E-state index contributed by atoms with van der Waals surface area (Å²) in [4.78, 5) is 9.53. The van der Waals surface area contributed by atoms with E-state index in [0.29, 0.717) is 12.5 Å². The van der Waals surface area contributed by atoms with Gasteiger partial charge in [0.25, 0.3) is 0 Å². The van der Waals surface area contributed by atoms with E-state index in [-0.39, 0.29) is 5.60 Å². The Balaban J connectivity index is 1.23. The molecule has 0 bridgehead atoms. The fraction of sp³-hybridized carbons (Fsp3) is 0.591. The molecule has 0 aliphatic carbocycles. The molecule has 0 saturated carbocycles. The smallest absolute Gasteiger partial charge is 0.0736 e. The number of piperidine rings is 1. The number of rotatable bonds is 7. The lowest BCUT2D eigenvalue weighted by molar-refractivity contribution is -0.0732. The van der Waals surface area contributed by atoms with Crippen molar-refractivity contribution in [3.05, 3.63) is 52.0 Å². The summed E-state index contributed by atoms with van der Waals surface area (Å²) in [6, 6.07) is 8.54. The second-order valence-corrected chi connectivity index (χ2v) is 9.26. The summed E-state index contributed by atoms with van der Waals surface area (Å²) in [5, 5.41) is 0. The van der Waals surface area contributed by atoms with Crippen LogP contribution in [-0.2, 0) is 22.6 Å². The number of ether oxygens (including phenoxy) is 2. The molecule has 0 aromatic carbocycles. The molecule has 1 spiro atoms. The fourth-order valence-corrected chi connectivity index (χ4v) is 5.45. The number of pyridine rings is 1. The van der Waals surface area contributed by atoms with Crippen LogP contribution < -0.4 is 0 Å². The quantitative estimate of drug-likeness (QED) is 0.660. The maximum absolute atomic E-state index is 6.32. The third-order valence-electron chi connectivity index (χ3n) is 6.11. The van der Waals surface area contributed by atoms with Gasteiger partial charge >= 0.3 is 0 Å². The molecule has 4 heterocycles. The molecule has 2 aliphatic heterocycles. The maximum atomic E-state index is 6.32. The zero-order valence-electron chi connectivity index (χ0n) is 16.2. The van der Waals surface area contributed by atoms with Crippen LogP contribution in [0.1, 0.15) is 41.0 Å². The van der Waals surface area contributed by atoms with E-state index in [4.69, 9.17) is 9.47 Å². The molecule has 27 heavy (non-hydrogen) atoms. The normalized spacial score (nSPS) is 22.5. The van der Waals surface area contributed by atoms with Crippen LogP contribution in [0.4, 0.5) is 0 Å². The molecular weight excluding hydrogens is 356 g/mol. The first kappa shape index (κ1) is 19.1. The van der Waals surface area contributed by atoms with E-state index in [2.05, 4.69) is 28.9 Å². The van der Waals surface area contributed by atoms with Gasteiger partial charge in [-0.1, -0.05) is 0 Å². The van der Waals surface area contributed by atoms with Crippen LogP contribution in [0.5, 0.6) is 0 Å². The van der Waals surface area contributed by atoms with Gasteiger partial charge in [-0.05, 0) is 68.4 Å². The van der Waals surface area contributed by atoms with E-state index in [1.54, 1.807) is 0 Å². The summed E-state index contributed by atoms with van der Waals surface area (Å²) in [5.41, 5.74) is 1.29. The molecule has 146 valence electrons. The van der Waals surface area contributed by atoms with Crippen molar-refractivity contribution in [2.24, 2.45) is 5.92 Å². The predicted molar refractivity (Wildman–Crippen MR) is 109 cm³/mol. The van der Waals surface area contributed by atoms with Gasteiger partial charge in [-0.3, -0.25) is 9.88 Å². The first-order chi connectivity index (χ1) is 13.2. The summed E-state index contributed by atoms with van der Waals surface area (Å²) < 4.78 is 12.2. The lowest BCUT2D eigenvalue weighted by Gasteiger charge is -2.42. The number of aromatic nitrogens is 1. The molecule has 0 N–H and O–H groups in total. The summed E-state index contributed by atoms with van der Waals surface area (Å²) in [5.74, 6) is 0.640. The van der Waals surface area contributed by atoms with Crippen LogP contribution >= 0.6 is 11.3 Å². The minimum absolute atomic E-state index is 0.0991. The molecule has 2 aromatic rings. The lowest BCUT2D eigenvalue weighted by Crippen LogP contribution is -2.47. The molecule has 4 nitrogen and oxygen atoms in total. The molecule has 1 atom stereocenters. The Morgan fingerprint density at radius 3 is 2.78 bits per heavy atom. The number of thiophene rings is 1. The number of likely N-dealkylation sites (tertiary alicyclic amines) is 1. The van der Waals surface area contributed by atoms with E-state index in [1.807, 2.05) is 35.9 Å². The molecule has 5 heteroatoms. The maximum Gasteiger partial charge on any atom is 0.0736 e. The van der Waals surface area contributed by atoms with Gasteiger partial charge in [0.05, 0.1) is 12.2 Å². The average Bonchev–Trinajstić information content (AvgIpc) is 3.28. The van der Waals surface area contributed by atoms with Crippen LogP contribution in [0.2, 0.25) is 0 Å². The molecular formula is C22H30N2O2S. The minimum atomic E-state index is 0.0991. The molecule has 2 fully saturated rings. The SMILES string of the molecule is Cc1ccc(CN2CCC3(CC2)OCC[C@H]3CCOCc2ccncc2)s1. The van der Waals surface area contributed by atoms with Gasteiger partial charge in [0.15, 0.2) is 0 Å². The van der Waals surface area contributed by atoms with Gasteiger partial charge in [0.1, 0.15) is 0 Å². The van der Waals surface area contributed by atoms with Crippen molar-refractivity contribution in [2.45, 2.75) is 51.4 Å². The highest BCUT2D eigenvalue weighted by Gasteiger charge is 2.45. The third kappa shape index (κ3) is 4.77. The highest BCUT2D eigenvalue weighted by atomic mass is 32.1. The largest absolute Gasteiger partial charge is 0.377 e. The van der Waals surface area contributed by atoms with Crippen molar-refractivity contribution < 1.29 is 9.47 Å². The van der Waals surface area contributed by atoms with E-state index in [1.165, 1.54) is 21.7 Å². The summed E-state index contributed by atoms with van der Waals surface area (Å²) in [6.45, 7) is 7.98. The zero-order valence-corrected chi connectivity index (χ0v) is 17.0. The van der Waals surface area contributed by atoms with Gasteiger partial charge in [-0.25, -0.2) is 0 Å². The Bertz CT molecular complexity index is 710. The first-order valence-electron chi connectivity index (χ1n) is 10.1. The van der Waals surface area contributed by atoms with Gasteiger partial charge < -0.3 is 9.47 Å². The van der Waals surface area contributed by atoms with Gasteiger partial charge in [-0.15, -0.1) is 11.3 Å². The predicted octanol–water partition coefficient (Wildman–Crippen LogP) is 4.43. The Morgan fingerprint density at radius 2 is 2.04 bits per heavy atom. The second-order valence-electron chi connectivity index (χ2n) is 7.88. The minimum Gasteiger partial charge on any atom is -0.377 e. The second kappa shape index (κ2) is 8.82. The number of hydrogen-bond donors (Lipinski definition) is 0. The highest BCUT2D eigenvalue weighted by Crippen LogP contribution is 2.42. The molecule has 2 saturated heterocycles. The first-order valence-corrected chi connectivity index (χ1v) is 10.9. The van der Waals surface area contributed by atoms with E-state index in [9.17, 15) is 0 Å². The van der Waals surface area contributed by atoms with Crippen LogP contribution in [-0.4, -0.2) is 41.8 Å². The Kier molecular flexibility index (Phi) is 6.23. The van der Waals surface area contributed by atoms with Crippen molar-refractivity contribution in [1.29, 1.82) is 0 Å². The topological polar surface area (TPSA) is 34.6 Å². The molecule has 0 amide bonds. The lowest BCUT2D eigenvalue weighted by atomic mass is 9.78. The summed E-state index contributed by atoms with van der Waals surface area (Å²) >= 11 is 1.92. The van der Waals surface area contributed by atoms with Crippen LogP contribution in [0.25, 0.3) is 0 Å². The molecule has 2 aliphatic rings. The Morgan fingerprint density at radius 1 is 1.22 bits per heavy atom. The third-order valence-corrected chi connectivity index (χ3v) is 7.09. The van der Waals surface area contributed by atoms with Crippen molar-refractivity contribution in [3.8, 4) is 0 Å². The summed E-state index contributed by atoms with van der Waals surface area (Å²) in [7, 11) is 0. The fourth-order valence-electron chi connectivity index (χ4n) is 4.52. The molecule has 0 unspecified atom stereocenters. The molecule has 2 aromatic heterocycles. The van der Waals surface area contributed by atoms with Crippen molar-refractivity contribution in [1.82, 2.24) is 9.88 Å². The number of nitrogens with zero attached hydrogens (tertiary/aromatic N) is 2. The van der Waals surface area contributed by atoms with Crippen LogP contribution in [0.15, 0.2) is 36.7 Å². The summed E-state index contributed by atoms with van der Waals surface area (Å²) in [6.07, 6.45) is 8.25. The highest BCUT2D eigenvalue weighted by molar-refractivity contribution is 7.11. The van der Waals surface area contributed by atoms with E-state index < -0.39 is 0 Å². The average molecular weight is 387 g/mol. The monoisotopic (exact) mass is 386 g/mol. The van der Waals surface area contributed by atoms with Crippen molar-refractivity contribution in [2.75, 3.05) is 26.3 Å². The number of hydrogen-bond acceptors (Lipinski definition) is 5. The number of aryl methyl sites for hydroxylation is 1. The van der Waals surface area contributed by atoms with Gasteiger partial charge in [-0.2, -0.15) is 0 Å². The van der Waals surface area contributed by atoms with E-state index in [0.717, 1.165) is 52.1 Å². The standard InChI is InChI=1S/C22H30N2O2S/c1-18-2-3-21(27-18)16-24-12-8-22(9-13-24)20(7-15-26-22)6-14-25-17-19-4-10-23-11-5-19/h2-5,10-11,20H,6-9,12-17H2,1H3/t20-/m1/s1. The van der Waals surface area contributed by atoms with Crippen molar-refractivity contribution in [3.63, 3.8) is 0 Å². The van der Waals surface area contributed by atoms with Crippen LogP contribution in [0, 0.1) is 12.8 Å². The molecule has 0 radical (unpaired) electrons. The van der Waals surface area contributed by atoms with Crippen LogP contribution in [0.3, 0.4) is 0 Å².